The first-order valence-corrected chi connectivity index (χ1v) is 7.81. The van der Waals surface area contributed by atoms with Crippen molar-refractivity contribution in [3.05, 3.63) is 41.5 Å². The summed E-state index contributed by atoms with van der Waals surface area (Å²) in [6.45, 7) is 0.347. The lowest BCUT2D eigenvalue weighted by Gasteiger charge is -2.15. The Balaban J connectivity index is 1.77. The molecule has 126 valence electrons. The molecule has 1 aromatic rings. The molecule has 0 atom stereocenters. The highest BCUT2D eigenvalue weighted by Gasteiger charge is 2.33. The van der Waals surface area contributed by atoms with E-state index in [0.717, 1.165) is 25.3 Å². The summed E-state index contributed by atoms with van der Waals surface area (Å²) < 4.78 is 38.5. The van der Waals surface area contributed by atoms with Gasteiger partial charge in [0.25, 0.3) is 0 Å². The van der Waals surface area contributed by atoms with E-state index in [2.05, 4.69) is 16.7 Å². The second-order valence-corrected chi connectivity index (χ2v) is 5.61. The summed E-state index contributed by atoms with van der Waals surface area (Å²) in [5, 5.41) is 5.30. The van der Waals surface area contributed by atoms with Gasteiger partial charge in [0.1, 0.15) is 0 Å². The number of halogens is 3. The van der Waals surface area contributed by atoms with Crippen LogP contribution in [0, 0.1) is 0 Å². The zero-order chi connectivity index (χ0) is 16.7. The molecule has 1 aliphatic rings. The molecule has 0 radical (unpaired) electrons. The van der Waals surface area contributed by atoms with Crippen molar-refractivity contribution in [3.63, 3.8) is 0 Å². The number of allylic oxidation sites excluding steroid dienone is 1. The maximum atomic E-state index is 12.8. The topological polar surface area (TPSA) is 41.1 Å². The van der Waals surface area contributed by atoms with Gasteiger partial charge in [-0.15, -0.1) is 0 Å². The van der Waals surface area contributed by atoms with Gasteiger partial charge in [0.15, 0.2) is 0 Å². The minimum Gasteiger partial charge on any atom is -0.376 e. The number of carbonyl (C=O) groups excluding carboxylic acids is 1. The van der Waals surface area contributed by atoms with Crippen molar-refractivity contribution >= 4 is 11.6 Å². The highest BCUT2D eigenvalue weighted by atomic mass is 19.4. The lowest BCUT2D eigenvalue weighted by atomic mass is 9.97. The molecule has 1 amide bonds. The van der Waals surface area contributed by atoms with Gasteiger partial charge >= 0.3 is 6.18 Å². The van der Waals surface area contributed by atoms with Gasteiger partial charge in [0, 0.05) is 12.2 Å². The largest absolute Gasteiger partial charge is 0.418 e. The highest BCUT2D eigenvalue weighted by Crippen LogP contribution is 2.34. The minimum atomic E-state index is -4.44. The molecule has 2 N–H and O–H groups in total. The summed E-state index contributed by atoms with van der Waals surface area (Å²) in [6.07, 6.45) is 3.17. The van der Waals surface area contributed by atoms with Crippen LogP contribution in [0.15, 0.2) is 35.9 Å². The molecule has 23 heavy (non-hydrogen) atoms. The molecule has 0 fully saturated rings. The molecule has 1 aliphatic carbocycles. The first-order valence-electron chi connectivity index (χ1n) is 7.81. The minimum absolute atomic E-state index is 0.0786. The molecular weight excluding hydrogens is 305 g/mol. The van der Waals surface area contributed by atoms with Crippen molar-refractivity contribution in [2.45, 2.75) is 38.3 Å². The monoisotopic (exact) mass is 326 g/mol. The summed E-state index contributed by atoms with van der Waals surface area (Å²) in [7, 11) is 0. The molecule has 0 bridgehead atoms. The second-order valence-electron chi connectivity index (χ2n) is 5.61. The van der Waals surface area contributed by atoms with Crippen molar-refractivity contribution < 1.29 is 18.0 Å². The number of para-hydroxylation sites is 1. The van der Waals surface area contributed by atoms with E-state index in [9.17, 15) is 18.0 Å². The van der Waals surface area contributed by atoms with Crippen LogP contribution in [0.25, 0.3) is 0 Å². The number of alkyl halides is 3. The van der Waals surface area contributed by atoms with Crippen molar-refractivity contribution in [1.29, 1.82) is 0 Å². The average molecular weight is 326 g/mol. The SMILES string of the molecule is O=C(CNc1ccccc1C(F)(F)F)NCCC1=CCCCC1. The zero-order valence-corrected chi connectivity index (χ0v) is 12.9. The Morgan fingerprint density at radius 1 is 1.17 bits per heavy atom. The Morgan fingerprint density at radius 3 is 2.65 bits per heavy atom. The van der Waals surface area contributed by atoms with E-state index in [1.807, 2.05) is 0 Å². The summed E-state index contributed by atoms with van der Waals surface area (Å²) in [4.78, 5) is 11.7. The molecule has 0 aliphatic heterocycles. The number of nitrogens with one attached hydrogen (secondary N) is 2. The van der Waals surface area contributed by atoms with Gasteiger partial charge in [0.2, 0.25) is 5.91 Å². The number of carbonyl (C=O) groups is 1. The molecular formula is C17H21F3N2O. The van der Waals surface area contributed by atoms with Gasteiger partial charge in [-0.25, -0.2) is 0 Å². The fourth-order valence-corrected chi connectivity index (χ4v) is 2.62. The lowest BCUT2D eigenvalue weighted by Crippen LogP contribution is -2.31. The maximum absolute atomic E-state index is 12.8. The van der Waals surface area contributed by atoms with Crippen molar-refractivity contribution in [2.75, 3.05) is 18.4 Å². The van der Waals surface area contributed by atoms with Crippen LogP contribution in [-0.2, 0) is 11.0 Å². The Kier molecular flexibility index (Phi) is 6.07. The smallest absolute Gasteiger partial charge is 0.376 e. The Bertz CT molecular complexity index is 567. The molecule has 0 heterocycles. The average Bonchev–Trinajstić information content (AvgIpc) is 2.53. The third-order valence-corrected chi connectivity index (χ3v) is 3.83. The molecule has 6 heteroatoms. The van der Waals surface area contributed by atoms with E-state index >= 15 is 0 Å². The second kappa shape index (κ2) is 8.04. The molecule has 2 rings (SSSR count). The molecule has 0 saturated carbocycles. The first-order chi connectivity index (χ1) is 11.0. The summed E-state index contributed by atoms with van der Waals surface area (Å²) in [5.41, 5.74) is 0.511. The van der Waals surface area contributed by atoms with E-state index in [-0.39, 0.29) is 18.1 Å². The Hall–Kier alpha value is -1.98. The molecule has 0 aromatic heterocycles. The number of anilines is 1. The van der Waals surface area contributed by atoms with Crippen LogP contribution in [0.3, 0.4) is 0 Å². The van der Waals surface area contributed by atoms with E-state index < -0.39 is 11.7 Å². The quantitative estimate of drug-likeness (QED) is 0.772. The van der Waals surface area contributed by atoms with Crippen molar-refractivity contribution in [2.24, 2.45) is 0 Å². The number of hydrogen-bond donors (Lipinski definition) is 2. The third kappa shape index (κ3) is 5.62. The Morgan fingerprint density at radius 2 is 1.96 bits per heavy atom. The fourth-order valence-electron chi connectivity index (χ4n) is 2.62. The normalized spacial score (nSPS) is 15.0. The van der Waals surface area contributed by atoms with Crippen LogP contribution >= 0.6 is 0 Å². The van der Waals surface area contributed by atoms with E-state index in [4.69, 9.17) is 0 Å². The lowest BCUT2D eigenvalue weighted by molar-refractivity contribution is -0.137. The zero-order valence-electron chi connectivity index (χ0n) is 12.9. The van der Waals surface area contributed by atoms with E-state index in [1.165, 1.54) is 36.6 Å². The summed E-state index contributed by atoms with van der Waals surface area (Å²) >= 11 is 0. The van der Waals surface area contributed by atoms with Crippen LogP contribution in [0.1, 0.15) is 37.7 Å². The highest BCUT2D eigenvalue weighted by molar-refractivity contribution is 5.81. The van der Waals surface area contributed by atoms with Crippen LogP contribution in [0.5, 0.6) is 0 Å². The van der Waals surface area contributed by atoms with E-state index in [0.29, 0.717) is 6.54 Å². The summed E-state index contributed by atoms with van der Waals surface area (Å²) in [5.74, 6) is -0.307. The van der Waals surface area contributed by atoms with Gasteiger partial charge in [0.05, 0.1) is 12.1 Å². The molecule has 0 unspecified atom stereocenters. The molecule has 1 aromatic carbocycles. The standard InChI is InChI=1S/C17H21F3N2O/c18-17(19,20)14-8-4-5-9-15(14)22-12-16(23)21-11-10-13-6-2-1-3-7-13/h4-6,8-9,22H,1-3,7,10-12H2,(H,21,23). The van der Waals surface area contributed by atoms with Gasteiger partial charge in [-0.1, -0.05) is 23.8 Å². The van der Waals surface area contributed by atoms with Crippen LogP contribution < -0.4 is 10.6 Å². The van der Waals surface area contributed by atoms with Crippen LogP contribution in [0.2, 0.25) is 0 Å². The van der Waals surface area contributed by atoms with Gasteiger partial charge in [-0.3, -0.25) is 4.79 Å². The molecule has 3 nitrogen and oxygen atoms in total. The van der Waals surface area contributed by atoms with Gasteiger partial charge in [-0.2, -0.15) is 13.2 Å². The van der Waals surface area contributed by atoms with Crippen molar-refractivity contribution in [3.8, 4) is 0 Å². The Labute approximate surface area is 134 Å². The summed E-state index contributed by atoms with van der Waals surface area (Å²) in [6, 6.07) is 5.15. The third-order valence-electron chi connectivity index (χ3n) is 3.83. The number of rotatable bonds is 6. The van der Waals surface area contributed by atoms with Gasteiger partial charge in [-0.05, 0) is 44.2 Å². The molecule has 0 saturated heterocycles. The first kappa shape index (κ1) is 17.4. The van der Waals surface area contributed by atoms with Crippen LogP contribution in [-0.4, -0.2) is 19.0 Å². The number of amides is 1. The van der Waals surface area contributed by atoms with Crippen LogP contribution in [0.4, 0.5) is 18.9 Å². The molecule has 0 spiro atoms. The van der Waals surface area contributed by atoms with E-state index in [1.54, 1.807) is 0 Å². The predicted octanol–water partition coefficient (Wildman–Crippen LogP) is 4.12. The van der Waals surface area contributed by atoms with Crippen molar-refractivity contribution in [1.82, 2.24) is 5.32 Å². The predicted molar refractivity (Wildman–Crippen MR) is 84.1 cm³/mol. The van der Waals surface area contributed by atoms with Gasteiger partial charge < -0.3 is 10.6 Å². The fraction of sp³-hybridized carbons (Fsp3) is 0.471. The number of benzene rings is 1. The number of hydrogen-bond acceptors (Lipinski definition) is 2. The maximum Gasteiger partial charge on any atom is 0.418 e.